The standard InChI is InChI=1S/C37H40N4O7SSi.CH2Cl2/c1-7-50(8-2)33-29(24-18-12-14-20-26(24)39(33)35(44)47-36(3,4)5)37-25-19-13-15-21-27(25)41(49(45,46)23-16-10-9-11-17-23)34(37)40-28(42)22-38(6)32(43)30(40)31(37)48-50;2-1-3/h9-21,30-31,34H,7-8,22H2,1-6H3;1H2/t30-,31+,34-,37+;/m0./s1. The molecule has 8 rings (SSSR count). The third-order valence-electron chi connectivity index (χ3n) is 10.9. The van der Waals surface area contributed by atoms with Crippen LogP contribution in [0.15, 0.2) is 83.8 Å². The lowest BCUT2D eigenvalue weighted by Gasteiger charge is -2.48. The molecule has 11 nitrogen and oxygen atoms in total. The van der Waals surface area contributed by atoms with Gasteiger partial charge in [0.2, 0.25) is 20.1 Å². The molecule has 4 atom stereocenters. The maximum atomic E-state index is 15.0. The Labute approximate surface area is 320 Å². The third-order valence-corrected chi connectivity index (χ3v) is 17.0. The van der Waals surface area contributed by atoms with Gasteiger partial charge in [0.25, 0.3) is 10.0 Å². The molecule has 0 N–H and O–H groups in total. The van der Waals surface area contributed by atoms with Gasteiger partial charge in [-0.05, 0) is 68.3 Å². The fourth-order valence-corrected chi connectivity index (χ4v) is 14.5. The largest absolute Gasteiger partial charge is 0.443 e. The molecule has 1 spiro atoms. The molecule has 0 aliphatic carbocycles. The Morgan fingerprint density at radius 1 is 0.962 bits per heavy atom. The summed E-state index contributed by atoms with van der Waals surface area (Å²) in [5, 5.41) is 1.60. The van der Waals surface area contributed by atoms with Crippen LogP contribution in [0, 0.1) is 0 Å². The van der Waals surface area contributed by atoms with E-state index in [-0.39, 0.29) is 28.6 Å². The zero-order valence-corrected chi connectivity index (χ0v) is 33.7. The van der Waals surface area contributed by atoms with Crippen LogP contribution in [-0.2, 0) is 34.2 Å². The normalized spacial score (nSPS) is 24.2. The Bertz CT molecular complexity index is 2240. The van der Waals surface area contributed by atoms with Crippen LogP contribution >= 0.6 is 23.2 Å². The molecule has 2 amide bonds. The third kappa shape index (κ3) is 5.21. The lowest BCUT2D eigenvalue weighted by molar-refractivity contribution is -0.156. The molecule has 0 unspecified atom stereocenters. The van der Waals surface area contributed by atoms with E-state index < -0.39 is 53.8 Å². The van der Waals surface area contributed by atoms with Crippen LogP contribution in [0.4, 0.5) is 10.5 Å². The number of sulfonamides is 1. The SMILES string of the molecule is CC[Si]1(CC)O[C@@H]2[C@H]3C(=O)N(C)CC(=O)N3[C@H]3N(S(=O)(=O)c4ccccc4)c4ccccc4[C@@]23c2c1n(C(=O)OC(C)(C)C)c1ccccc21.ClCCl. The van der Waals surface area contributed by atoms with E-state index in [9.17, 15) is 14.4 Å². The van der Waals surface area contributed by atoms with E-state index in [1.807, 2.05) is 71.0 Å². The van der Waals surface area contributed by atoms with Gasteiger partial charge in [-0.1, -0.05) is 68.4 Å². The van der Waals surface area contributed by atoms with Gasteiger partial charge in [-0.2, -0.15) is 0 Å². The second kappa shape index (κ2) is 13.2. The van der Waals surface area contributed by atoms with E-state index in [1.165, 1.54) is 26.2 Å². The quantitative estimate of drug-likeness (QED) is 0.185. The first kappa shape index (κ1) is 37.4. The first-order valence-corrected chi connectivity index (χ1v) is 22.4. The summed E-state index contributed by atoms with van der Waals surface area (Å²) in [4.78, 5) is 46.2. The number of fused-ring (bicyclic) bond motifs is 7. The number of piperazine rings is 1. The zero-order chi connectivity index (χ0) is 38.2. The Kier molecular flexibility index (Phi) is 9.29. The molecule has 3 aromatic carbocycles. The van der Waals surface area contributed by atoms with Gasteiger partial charge < -0.3 is 19.0 Å². The van der Waals surface area contributed by atoms with Crippen molar-refractivity contribution >= 4 is 81.4 Å². The highest BCUT2D eigenvalue weighted by Crippen LogP contribution is 2.63. The van der Waals surface area contributed by atoms with Crippen LogP contribution in [0.25, 0.3) is 10.9 Å². The number of amides is 2. The summed E-state index contributed by atoms with van der Waals surface area (Å²) >= 11 is 9.53. The van der Waals surface area contributed by atoms with Crippen molar-refractivity contribution in [2.45, 2.75) is 80.9 Å². The van der Waals surface area contributed by atoms with Crippen molar-refractivity contribution in [2.24, 2.45) is 0 Å². The van der Waals surface area contributed by atoms with E-state index in [4.69, 9.17) is 32.4 Å². The topological polar surface area (TPSA) is 118 Å². The van der Waals surface area contributed by atoms with Crippen molar-refractivity contribution in [3.8, 4) is 0 Å². The van der Waals surface area contributed by atoms with Crippen molar-refractivity contribution in [3.63, 3.8) is 0 Å². The van der Waals surface area contributed by atoms with Gasteiger partial charge in [-0.25, -0.2) is 17.5 Å². The average molecular weight is 798 g/mol. The fourth-order valence-electron chi connectivity index (χ4n) is 8.95. The second-order valence-electron chi connectivity index (χ2n) is 14.7. The molecule has 53 heavy (non-hydrogen) atoms. The minimum atomic E-state index is -4.32. The summed E-state index contributed by atoms with van der Waals surface area (Å²) < 4.78 is 46.5. The van der Waals surface area contributed by atoms with Crippen molar-refractivity contribution in [1.82, 2.24) is 14.4 Å². The number of hydrogen-bond acceptors (Lipinski definition) is 7. The number of aromatic nitrogens is 1. The van der Waals surface area contributed by atoms with E-state index >= 15 is 8.42 Å². The van der Waals surface area contributed by atoms with Gasteiger partial charge >= 0.3 is 6.09 Å². The van der Waals surface area contributed by atoms with Gasteiger partial charge in [0.1, 0.15) is 17.8 Å². The Hall–Kier alpha value is -3.88. The van der Waals surface area contributed by atoms with Crippen molar-refractivity contribution in [1.29, 1.82) is 0 Å². The smallest absolute Gasteiger partial charge is 0.418 e. The number of nitrogens with zero attached hydrogens (tertiary/aromatic N) is 4. The number of ether oxygens (including phenoxy) is 1. The number of alkyl halides is 2. The summed E-state index contributed by atoms with van der Waals surface area (Å²) in [6.45, 7) is 9.31. The molecule has 0 saturated carbocycles. The fraction of sp³-hybridized carbons (Fsp3) is 0.395. The molecule has 2 fully saturated rings. The first-order chi connectivity index (χ1) is 25.2. The lowest BCUT2D eigenvalue weighted by Crippen LogP contribution is -2.68. The van der Waals surface area contributed by atoms with E-state index in [0.29, 0.717) is 34.2 Å². The van der Waals surface area contributed by atoms with Gasteiger partial charge in [-0.3, -0.25) is 14.2 Å². The molecule has 1 aromatic heterocycles. The second-order valence-corrected chi connectivity index (χ2v) is 21.4. The van der Waals surface area contributed by atoms with E-state index in [0.717, 1.165) is 10.9 Å². The Balaban J connectivity index is 0.00000140. The molecule has 2 saturated heterocycles. The molecule has 5 heterocycles. The molecule has 280 valence electrons. The van der Waals surface area contributed by atoms with Gasteiger partial charge in [0, 0.05) is 17.8 Å². The number of carbonyl (C=O) groups is 3. The molecule has 4 aromatic rings. The first-order valence-electron chi connectivity index (χ1n) is 17.6. The van der Waals surface area contributed by atoms with Gasteiger partial charge in [0.15, 0.2) is 0 Å². The number of benzene rings is 3. The minimum Gasteiger partial charge on any atom is -0.443 e. The lowest BCUT2D eigenvalue weighted by atomic mass is 9.70. The highest BCUT2D eigenvalue weighted by molar-refractivity contribution is 7.93. The van der Waals surface area contributed by atoms with Crippen LogP contribution in [-0.4, -0.2) is 91.9 Å². The van der Waals surface area contributed by atoms with Crippen molar-refractivity contribution in [2.75, 3.05) is 23.2 Å². The summed E-state index contributed by atoms with van der Waals surface area (Å²) in [5.41, 5.74) is 0.151. The average Bonchev–Trinajstić information content (AvgIpc) is 3.73. The molecule has 4 aliphatic rings. The maximum Gasteiger partial charge on any atom is 0.418 e. The van der Waals surface area contributed by atoms with Crippen molar-refractivity contribution < 1.29 is 32.0 Å². The molecule has 15 heteroatoms. The number of anilines is 1. The molecule has 0 bridgehead atoms. The molecular weight excluding hydrogens is 755 g/mol. The zero-order valence-electron chi connectivity index (χ0n) is 30.4. The monoisotopic (exact) mass is 796 g/mol. The Morgan fingerprint density at radius 2 is 1.57 bits per heavy atom. The van der Waals surface area contributed by atoms with E-state index in [1.54, 1.807) is 41.9 Å². The van der Waals surface area contributed by atoms with Crippen LogP contribution < -0.4 is 9.62 Å². The number of rotatable bonds is 4. The van der Waals surface area contributed by atoms with Gasteiger partial charge in [0.05, 0.1) is 39.5 Å². The predicted molar refractivity (Wildman–Crippen MR) is 207 cm³/mol. The Morgan fingerprint density at radius 3 is 2.21 bits per heavy atom. The summed E-state index contributed by atoms with van der Waals surface area (Å²) in [7, 11) is -5.92. The highest BCUT2D eigenvalue weighted by atomic mass is 35.5. The molecule has 0 radical (unpaired) electrons. The molecular formula is C38H42Cl2N4O7SSi. The predicted octanol–water partition coefficient (Wildman–Crippen LogP) is 5.94. The highest BCUT2D eigenvalue weighted by Gasteiger charge is 2.77. The minimum absolute atomic E-state index is 0.0544. The van der Waals surface area contributed by atoms with Crippen LogP contribution in [0.2, 0.25) is 12.1 Å². The number of likely N-dealkylation sites (N-methyl/N-ethyl adjacent to an activating group) is 1. The number of para-hydroxylation sites is 2. The summed E-state index contributed by atoms with van der Waals surface area (Å²) in [6, 6.07) is 23.0. The summed E-state index contributed by atoms with van der Waals surface area (Å²) in [6.07, 6.45) is -2.71. The van der Waals surface area contributed by atoms with Crippen LogP contribution in [0.1, 0.15) is 45.7 Å². The maximum absolute atomic E-state index is 15.0. The number of hydrogen-bond donors (Lipinski definition) is 0. The number of halogens is 2. The van der Waals surface area contributed by atoms with E-state index in [2.05, 4.69) is 0 Å². The van der Waals surface area contributed by atoms with Crippen LogP contribution in [0.5, 0.6) is 0 Å². The van der Waals surface area contributed by atoms with Crippen LogP contribution in [0.3, 0.4) is 0 Å². The number of carbonyl (C=O) groups excluding carboxylic acids is 3. The van der Waals surface area contributed by atoms with Gasteiger partial charge in [-0.15, -0.1) is 23.2 Å². The molecule has 4 aliphatic heterocycles. The van der Waals surface area contributed by atoms with Crippen molar-refractivity contribution in [3.05, 3.63) is 90.0 Å². The summed E-state index contributed by atoms with van der Waals surface area (Å²) in [5.74, 6) is -0.689.